The van der Waals surface area contributed by atoms with Crippen LogP contribution in [-0.2, 0) is 6.42 Å². The van der Waals surface area contributed by atoms with Crippen molar-refractivity contribution < 1.29 is 5.21 Å². The van der Waals surface area contributed by atoms with E-state index in [2.05, 4.69) is 24.3 Å². The molecule has 0 saturated carbocycles. The molecule has 1 aromatic rings. The molecular weight excluding hydrogens is 162 g/mol. The zero-order valence-corrected chi connectivity index (χ0v) is 7.90. The molecule has 0 spiro atoms. The first-order chi connectivity index (χ1) is 6.27. The van der Waals surface area contributed by atoms with Crippen molar-refractivity contribution in [1.82, 2.24) is 5.06 Å². The molecule has 1 aromatic carbocycles. The molecule has 0 saturated heterocycles. The summed E-state index contributed by atoms with van der Waals surface area (Å²) in [7, 11) is 1.71. The lowest BCUT2D eigenvalue weighted by Gasteiger charge is -2.15. The fourth-order valence-corrected chi connectivity index (χ4v) is 2.15. The van der Waals surface area contributed by atoms with Gasteiger partial charge in [0.25, 0.3) is 0 Å². The largest absolute Gasteiger partial charge is 0.314 e. The van der Waals surface area contributed by atoms with E-state index >= 15 is 0 Å². The Morgan fingerprint density at radius 2 is 2.23 bits per heavy atom. The highest BCUT2D eigenvalue weighted by molar-refractivity contribution is 5.34. The van der Waals surface area contributed by atoms with Crippen molar-refractivity contribution in [2.24, 2.45) is 0 Å². The average molecular weight is 177 g/mol. The smallest absolute Gasteiger partial charge is 0.0304 e. The summed E-state index contributed by atoms with van der Waals surface area (Å²) in [5, 5.41) is 10.5. The summed E-state index contributed by atoms with van der Waals surface area (Å²) >= 11 is 0. The summed E-state index contributed by atoms with van der Waals surface area (Å²) < 4.78 is 0. The molecule has 0 bridgehead atoms. The molecular formula is C11H15NO. The lowest BCUT2D eigenvalue weighted by atomic mass is 10.0. The van der Waals surface area contributed by atoms with Gasteiger partial charge in [-0.05, 0) is 29.9 Å². The number of hydroxylamine groups is 2. The fraction of sp³-hybridized carbons (Fsp3) is 0.455. The van der Waals surface area contributed by atoms with E-state index in [1.165, 1.54) is 22.6 Å². The maximum absolute atomic E-state index is 9.17. The van der Waals surface area contributed by atoms with Crippen LogP contribution in [0.15, 0.2) is 24.3 Å². The molecule has 0 radical (unpaired) electrons. The third-order valence-corrected chi connectivity index (χ3v) is 2.74. The molecule has 0 aromatic heterocycles. The van der Waals surface area contributed by atoms with Gasteiger partial charge in [0, 0.05) is 13.6 Å². The molecule has 0 heterocycles. The Hall–Kier alpha value is -0.860. The first-order valence-electron chi connectivity index (χ1n) is 4.75. The van der Waals surface area contributed by atoms with Crippen LogP contribution in [0.2, 0.25) is 0 Å². The predicted molar refractivity (Wildman–Crippen MR) is 51.9 cm³/mol. The molecule has 1 N–H and O–H groups in total. The standard InChI is InChI=1S/C11H15NO/c1-12(13)8-10-7-6-9-4-2-3-5-11(9)10/h2-5,10,13H,6-8H2,1H3. The fourth-order valence-electron chi connectivity index (χ4n) is 2.15. The van der Waals surface area contributed by atoms with Gasteiger partial charge in [0.2, 0.25) is 0 Å². The number of benzene rings is 1. The van der Waals surface area contributed by atoms with Gasteiger partial charge in [-0.3, -0.25) is 0 Å². The monoisotopic (exact) mass is 177 g/mol. The first-order valence-corrected chi connectivity index (χ1v) is 4.75. The molecule has 2 rings (SSSR count). The Labute approximate surface area is 78.8 Å². The van der Waals surface area contributed by atoms with E-state index in [4.69, 9.17) is 0 Å². The Balaban J connectivity index is 2.18. The van der Waals surface area contributed by atoms with Crippen molar-refractivity contribution in [3.05, 3.63) is 35.4 Å². The van der Waals surface area contributed by atoms with Crippen LogP contribution in [0.25, 0.3) is 0 Å². The van der Waals surface area contributed by atoms with E-state index in [0.29, 0.717) is 5.92 Å². The van der Waals surface area contributed by atoms with Gasteiger partial charge in [-0.1, -0.05) is 24.3 Å². The molecule has 0 aliphatic heterocycles. The molecule has 1 aliphatic rings. The summed E-state index contributed by atoms with van der Waals surface area (Å²) in [6.45, 7) is 0.747. The minimum absolute atomic E-state index is 0.520. The number of rotatable bonds is 2. The summed E-state index contributed by atoms with van der Waals surface area (Å²) in [4.78, 5) is 0. The zero-order valence-electron chi connectivity index (χ0n) is 7.90. The zero-order chi connectivity index (χ0) is 9.26. The van der Waals surface area contributed by atoms with Crippen LogP contribution in [0.3, 0.4) is 0 Å². The number of hydrogen-bond acceptors (Lipinski definition) is 2. The van der Waals surface area contributed by atoms with E-state index in [0.717, 1.165) is 13.0 Å². The lowest BCUT2D eigenvalue weighted by Crippen LogP contribution is -2.19. The molecule has 13 heavy (non-hydrogen) atoms. The molecule has 0 fully saturated rings. The van der Waals surface area contributed by atoms with Crippen LogP contribution < -0.4 is 0 Å². The van der Waals surface area contributed by atoms with E-state index in [9.17, 15) is 5.21 Å². The maximum Gasteiger partial charge on any atom is 0.0304 e. The van der Waals surface area contributed by atoms with E-state index in [-0.39, 0.29) is 0 Å². The molecule has 0 amide bonds. The number of likely N-dealkylation sites (N-methyl/N-ethyl adjacent to an activating group) is 1. The van der Waals surface area contributed by atoms with Crippen LogP contribution in [0.1, 0.15) is 23.5 Å². The van der Waals surface area contributed by atoms with E-state index in [1.807, 2.05) is 0 Å². The number of aryl methyl sites for hydroxylation is 1. The third-order valence-electron chi connectivity index (χ3n) is 2.74. The number of hydrogen-bond donors (Lipinski definition) is 1. The van der Waals surface area contributed by atoms with Gasteiger partial charge in [-0.15, -0.1) is 0 Å². The second kappa shape index (κ2) is 3.48. The van der Waals surface area contributed by atoms with Gasteiger partial charge >= 0.3 is 0 Å². The van der Waals surface area contributed by atoms with Crippen LogP contribution >= 0.6 is 0 Å². The van der Waals surface area contributed by atoms with E-state index < -0.39 is 0 Å². The normalized spacial score (nSPS) is 20.7. The van der Waals surface area contributed by atoms with E-state index in [1.54, 1.807) is 7.05 Å². The SMILES string of the molecule is CN(O)CC1CCc2ccccc21. The molecule has 2 heteroatoms. The molecule has 70 valence electrons. The summed E-state index contributed by atoms with van der Waals surface area (Å²) in [5.74, 6) is 0.520. The van der Waals surface area contributed by atoms with Gasteiger partial charge in [-0.25, -0.2) is 0 Å². The van der Waals surface area contributed by atoms with Gasteiger partial charge in [0.05, 0.1) is 0 Å². The maximum atomic E-state index is 9.17. The van der Waals surface area contributed by atoms with Crippen molar-refractivity contribution in [3.8, 4) is 0 Å². The highest BCUT2D eigenvalue weighted by atomic mass is 16.5. The summed E-state index contributed by atoms with van der Waals surface area (Å²) in [6, 6.07) is 8.53. The van der Waals surface area contributed by atoms with Crippen molar-refractivity contribution in [2.75, 3.05) is 13.6 Å². The lowest BCUT2D eigenvalue weighted by molar-refractivity contribution is -0.0691. The Morgan fingerprint density at radius 3 is 3.00 bits per heavy atom. The quantitative estimate of drug-likeness (QED) is 0.699. The first kappa shape index (κ1) is 8.73. The van der Waals surface area contributed by atoms with Crippen LogP contribution in [0.4, 0.5) is 0 Å². The molecule has 2 nitrogen and oxygen atoms in total. The van der Waals surface area contributed by atoms with Gasteiger partial charge in [-0.2, -0.15) is 5.06 Å². The Morgan fingerprint density at radius 1 is 1.46 bits per heavy atom. The second-order valence-corrected chi connectivity index (χ2v) is 3.77. The van der Waals surface area contributed by atoms with Crippen molar-refractivity contribution >= 4 is 0 Å². The number of fused-ring (bicyclic) bond motifs is 1. The molecule has 1 unspecified atom stereocenters. The number of nitrogens with zero attached hydrogens (tertiary/aromatic N) is 1. The van der Waals surface area contributed by atoms with Gasteiger partial charge in [0.15, 0.2) is 0 Å². The molecule has 1 atom stereocenters. The third kappa shape index (κ3) is 1.74. The van der Waals surface area contributed by atoms with Crippen LogP contribution in [0, 0.1) is 0 Å². The van der Waals surface area contributed by atoms with Gasteiger partial charge < -0.3 is 5.21 Å². The minimum Gasteiger partial charge on any atom is -0.314 e. The highest BCUT2D eigenvalue weighted by Gasteiger charge is 2.22. The van der Waals surface area contributed by atoms with Gasteiger partial charge in [0.1, 0.15) is 0 Å². The topological polar surface area (TPSA) is 23.5 Å². The average Bonchev–Trinajstić information content (AvgIpc) is 2.48. The summed E-state index contributed by atoms with van der Waals surface area (Å²) in [5.41, 5.74) is 2.87. The molecule has 1 aliphatic carbocycles. The Kier molecular flexibility index (Phi) is 2.34. The van der Waals surface area contributed by atoms with Crippen LogP contribution in [-0.4, -0.2) is 23.9 Å². The minimum atomic E-state index is 0.520. The van der Waals surface area contributed by atoms with Crippen molar-refractivity contribution in [3.63, 3.8) is 0 Å². The van der Waals surface area contributed by atoms with Crippen LogP contribution in [0.5, 0.6) is 0 Å². The second-order valence-electron chi connectivity index (χ2n) is 3.77. The highest BCUT2D eigenvalue weighted by Crippen LogP contribution is 2.32. The summed E-state index contributed by atoms with van der Waals surface area (Å²) in [6.07, 6.45) is 2.33. The van der Waals surface area contributed by atoms with Crippen molar-refractivity contribution in [1.29, 1.82) is 0 Å². The van der Waals surface area contributed by atoms with Crippen molar-refractivity contribution in [2.45, 2.75) is 18.8 Å². The predicted octanol–water partition coefficient (Wildman–Crippen LogP) is 2.04. The Bertz CT molecular complexity index is 296.